The Bertz CT molecular complexity index is 880. The van der Waals surface area contributed by atoms with Crippen molar-refractivity contribution in [2.24, 2.45) is 0 Å². The first kappa shape index (κ1) is 23.2. The summed E-state index contributed by atoms with van der Waals surface area (Å²) in [5.74, 6) is -1.10. The standard InChI is InChI=1S/C20H24N4O5S/c25-17(5-3-1-2-4-6-18(26)23-28)22-20-21-16(13-30-20)15-10-7-14(8-11-15)9-12-19(27)24-29/h7-13,28-29H,1-6H2,(H,23,26)(H,24,27)(H,21,22,25)/b12-9+. The van der Waals surface area contributed by atoms with Crippen molar-refractivity contribution in [2.45, 2.75) is 38.5 Å². The summed E-state index contributed by atoms with van der Waals surface area (Å²) in [5.41, 5.74) is 5.53. The van der Waals surface area contributed by atoms with Crippen LogP contribution in [-0.4, -0.2) is 33.1 Å². The Morgan fingerprint density at radius 2 is 1.60 bits per heavy atom. The quantitative estimate of drug-likeness (QED) is 0.160. The number of carbonyl (C=O) groups is 3. The second-order valence-corrected chi connectivity index (χ2v) is 7.32. The predicted molar refractivity (Wildman–Crippen MR) is 113 cm³/mol. The van der Waals surface area contributed by atoms with E-state index < -0.39 is 11.8 Å². The Balaban J connectivity index is 1.76. The molecule has 1 aromatic carbocycles. The molecule has 3 amide bonds. The molecule has 2 rings (SSSR count). The van der Waals surface area contributed by atoms with Gasteiger partial charge in [-0.05, 0) is 24.5 Å². The molecule has 9 nitrogen and oxygen atoms in total. The fourth-order valence-corrected chi connectivity index (χ4v) is 3.34. The van der Waals surface area contributed by atoms with Crippen molar-refractivity contribution < 1.29 is 24.8 Å². The average Bonchev–Trinajstić information content (AvgIpc) is 3.22. The maximum absolute atomic E-state index is 12.0. The first-order valence-corrected chi connectivity index (χ1v) is 10.3. The highest BCUT2D eigenvalue weighted by molar-refractivity contribution is 7.14. The Hall–Kier alpha value is -3.08. The van der Waals surface area contributed by atoms with Gasteiger partial charge in [0, 0.05) is 29.9 Å². The van der Waals surface area contributed by atoms with Crippen LogP contribution in [0.2, 0.25) is 0 Å². The molecule has 10 heteroatoms. The molecular weight excluding hydrogens is 408 g/mol. The van der Waals surface area contributed by atoms with Crippen molar-refractivity contribution in [1.29, 1.82) is 0 Å². The average molecular weight is 433 g/mol. The smallest absolute Gasteiger partial charge is 0.267 e. The van der Waals surface area contributed by atoms with Crippen LogP contribution in [0.15, 0.2) is 35.7 Å². The van der Waals surface area contributed by atoms with E-state index in [1.165, 1.54) is 22.9 Å². The van der Waals surface area contributed by atoms with Crippen molar-refractivity contribution in [3.8, 4) is 11.3 Å². The predicted octanol–water partition coefficient (Wildman–Crippen LogP) is 3.11. The van der Waals surface area contributed by atoms with Gasteiger partial charge < -0.3 is 5.32 Å². The minimum absolute atomic E-state index is 0.105. The first-order valence-electron chi connectivity index (χ1n) is 9.42. The third-order valence-electron chi connectivity index (χ3n) is 4.18. The molecule has 0 fully saturated rings. The van der Waals surface area contributed by atoms with E-state index in [1.54, 1.807) is 11.6 Å². The molecule has 0 aliphatic carbocycles. The maximum atomic E-state index is 12.0. The number of hydrogen-bond acceptors (Lipinski definition) is 7. The van der Waals surface area contributed by atoms with Gasteiger partial charge in [0.25, 0.3) is 5.91 Å². The number of nitrogens with zero attached hydrogens (tertiary/aromatic N) is 1. The van der Waals surface area contributed by atoms with Gasteiger partial charge in [-0.1, -0.05) is 37.1 Å². The number of aromatic nitrogens is 1. The summed E-state index contributed by atoms with van der Waals surface area (Å²) in [4.78, 5) is 38.4. The van der Waals surface area contributed by atoms with Crippen molar-refractivity contribution in [3.63, 3.8) is 0 Å². The largest absolute Gasteiger partial charge is 0.302 e. The van der Waals surface area contributed by atoms with E-state index >= 15 is 0 Å². The summed E-state index contributed by atoms with van der Waals surface area (Å²) >= 11 is 1.34. The Morgan fingerprint density at radius 3 is 2.23 bits per heavy atom. The Kier molecular flexibility index (Phi) is 9.65. The summed E-state index contributed by atoms with van der Waals surface area (Å²) in [6.45, 7) is 0. The molecule has 5 N–H and O–H groups in total. The molecule has 160 valence electrons. The molecule has 0 saturated carbocycles. The number of nitrogens with one attached hydrogen (secondary N) is 3. The summed E-state index contributed by atoms with van der Waals surface area (Å²) in [6, 6.07) is 7.35. The van der Waals surface area contributed by atoms with Crippen LogP contribution in [0.3, 0.4) is 0 Å². The molecule has 1 heterocycles. The number of benzene rings is 1. The number of amides is 3. The monoisotopic (exact) mass is 432 g/mol. The Labute approximate surface area is 177 Å². The number of anilines is 1. The molecule has 0 aliphatic heterocycles. The normalized spacial score (nSPS) is 10.7. The molecule has 0 bridgehead atoms. The lowest BCUT2D eigenvalue weighted by Crippen LogP contribution is -2.17. The third-order valence-corrected chi connectivity index (χ3v) is 4.93. The molecule has 0 atom stereocenters. The van der Waals surface area contributed by atoms with Gasteiger partial charge in [-0.15, -0.1) is 11.3 Å². The molecule has 0 aliphatic rings. The van der Waals surface area contributed by atoms with Gasteiger partial charge in [0.1, 0.15) is 0 Å². The third kappa shape index (κ3) is 8.11. The van der Waals surface area contributed by atoms with Crippen molar-refractivity contribution in [2.75, 3.05) is 5.32 Å². The van der Waals surface area contributed by atoms with Crippen molar-refractivity contribution in [3.05, 3.63) is 41.3 Å². The van der Waals surface area contributed by atoms with Gasteiger partial charge in [0.05, 0.1) is 5.69 Å². The van der Waals surface area contributed by atoms with Gasteiger partial charge in [0.2, 0.25) is 11.8 Å². The van der Waals surface area contributed by atoms with Crippen LogP contribution in [0.5, 0.6) is 0 Å². The molecule has 30 heavy (non-hydrogen) atoms. The number of hydroxylamine groups is 2. The molecular formula is C20H24N4O5S. The van der Waals surface area contributed by atoms with E-state index in [1.807, 2.05) is 29.6 Å². The van der Waals surface area contributed by atoms with Gasteiger partial charge in [0.15, 0.2) is 5.13 Å². The molecule has 0 unspecified atom stereocenters. The van der Waals surface area contributed by atoms with Crippen molar-refractivity contribution in [1.82, 2.24) is 15.9 Å². The topological polar surface area (TPSA) is 141 Å². The molecule has 0 saturated heterocycles. The lowest BCUT2D eigenvalue weighted by molar-refractivity contribution is -0.129. The lowest BCUT2D eigenvalue weighted by Gasteiger charge is -2.02. The van der Waals surface area contributed by atoms with Gasteiger partial charge in [-0.2, -0.15) is 0 Å². The zero-order valence-electron chi connectivity index (χ0n) is 16.3. The van der Waals surface area contributed by atoms with E-state index in [0.717, 1.165) is 29.7 Å². The first-order chi connectivity index (χ1) is 14.5. The van der Waals surface area contributed by atoms with E-state index in [4.69, 9.17) is 10.4 Å². The Morgan fingerprint density at radius 1 is 0.933 bits per heavy atom. The zero-order valence-corrected chi connectivity index (χ0v) is 17.1. The summed E-state index contributed by atoms with van der Waals surface area (Å²) in [7, 11) is 0. The fraction of sp³-hybridized carbons (Fsp3) is 0.300. The number of rotatable bonds is 11. The molecule has 1 aromatic heterocycles. The minimum atomic E-state index is -0.604. The van der Waals surface area contributed by atoms with Crippen LogP contribution in [0, 0.1) is 0 Å². The highest BCUT2D eigenvalue weighted by Gasteiger charge is 2.08. The maximum Gasteiger partial charge on any atom is 0.267 e. The second kappa shape index (κ2) is 12.5. The number of thiazole rings is 1. The number of hydrogen-bond donors (Lipinski definition) is 5. The summed E-state index contributed by atoms with van der Waals surface area (Å²) in [5, 5.41) is 22.0. The van der Waals surface area contributed by atoms with Crippen LogP contribution in [0.4, 0.5) is 5.13 Å². The van der Waals surface area contributed by atoms with Gasteiger partial charge >= 0.3 is 0 Å². The van der Waals surface area contributed by atoms with Gasteiger partial charge in [-0.3, -0.25) is 24.8 Å². The lowest BCUT2D eigenvalue weighted by atomic mass is 10.1. The van der Waals surface area contributed by atoms with Crippen molar-refractivity contribution >= 4 is 40.3 Å². The molecule has 2 aromatic rings. The van der Waals surface area contributed by atoms with Crippen LogP contribution in [0.1, 0.15) is 44.1 Å². The van der Waals surface area contributed by atoms with Crippen LogP contribution >= 0.6 is 11.3 Å². The van der Waals surface area contributed by atoms with E-state index in [0.29, 0.717) is 24.4 Å². The van der Waals surface area contributed by atoms with E-state index in [-0.39, 0.29) is 12.3 Å². The van der Waals surface area contributed by atoms with Gasteiger partial charge in [-0.25, -0.2) is 15.9 Å². The number of carbonyl (C=O) groups excluding carboxylic acids is 3. The fourth-order valence-electron chi connectivity index (χ4n) is 2.60. The van der Waals surface area contributed by atoms with Crippen LogP contribution in [0.25, 0.3) is 17.3 Å². The highest BCUT2D eigenvalue weighted by atomic mass is 32.1. The molecule has 0 spiro atoms. The zero-order chi connectivity index (χ0) is 21.8. The second-order valence-electron chi connectivity index (χ2n) is 6.47. The minimum Gasteiger partial charge on any atom is -0.302 e. The summed E-state index contributed by atoms with van der Waals surface area (Å²) in [6.07, 6.45) is 6.49. The van der Waals surface area contributed by atoms with E-state index in [9.17, 15) is 14.4 Å². The number of unbranched alkanes of at least 4 members (excludes halogenated alkanes) is 3. The summed E-state index contributed by atoms with van der Waals surface area (Å²) < 4.78 is 0. The van der Waals surface area contributed by atoms with Crippen LogP contribution < -0.4 is 16.3 Å². The highest BCUT2D eigenvalue weighted by Crippen LogP contribution is 2.25. The SMILES string of the molecule is O=C(/C=C/c1ccc(-c2csc(NC(=O)CCCCCCC(=O)NO)n2)cc1)NO. The molecule has 0 radical (unpaired) electrons. The van der Waals surface area contributed by atoms with Crippen LogP contribution in [-0.2, 0) is 14.4 Å². The van der Waals surface area contributed by atoms with E-state index in [2.05, 4.69) is 10.3 Å².